The molecule has 3 N–H and O–H groups in total. The molecule has 7 nitrogen and oxygen atoms in total. The number of carbonyl (C=O) groups excluding carboxylic acids is 2. The number of rotatable bonds is 3. The van der Waals surface area contributed by atoms with Crippen LogP contribution in [0.2, 0.25) is 0 Å². The second-order valence-electron chi connectivity index (χ2n) is 4.92. The van der Waals surface area contributed by atoms with E-state index >= 15 is 0 Å². The van der Waals surface area contributed by atoms with E-state index in [1.807, 2.05) is 13.0 Å². The molecule has 0 atom stereocenters. The zero-order chi connectivity index (χ0) is 16.2. The molecular weight excluding hydrogens is 294 g/mol. The molecule has 3 rings (SSSR count). The molecule has 0 aliphatic rings. The summed E-state index contributed by atoms with van der Waals surface area (Å²) in [5.41, 5.74) is 7.39. The number of aryl methyl sites for hydroxylation is 1. The molecule has 0 unspecified atom stereocenters. The van der Waals surface area contributed by atoms with Gasteiger partial charge in [0, 0.05) is 23.7 Å². The molecule has 2 aromatic heterocycles. The fourth-order valence-corrected chi connectivity index (χ4v) is 2.12. The second kappa shape index (κ2) is 6.18. The third-order valence-electron chi connectivity index (χ3n) is 3.34. The van der Waals surface area contributed by atoms with E-state index in [2.05, 4.69) is 20.9 Å². The molecule has 0 saturated heterocycles. The Morgan fingerprint density at radius 3 is 2.39 bits per heavy atom. The SMILES string of the molecule is Cc1ccnn1-c1ccc(C(=O)NNC(=O)c2ccc[nH]2)cc1. The van der Waals surface area contributed by atoms with Gasteiger partial charge in [-0.15, -0.1) is 0 Å². The topological polar surface area (TPSA) is 91.8 Å². The van der Waals surface area contributed by atoms with Crippen LogP contribution in [0.1, 0.15) is 26.5 Å². The molecular formula is C16H15N5O2. The van der Waals surface area contributed by atoms with Crippen LogP contribution in [-0.4, -0.2) is 26.6 Å². The molecule has 1 aromatic carbocycles. The number of nitrogens with one attached hydrogen (secondary N) is 3. The van der Waals surface area contributed by atoms with E-state index in [-0.39, 0.29) is 0 Å². The molecule has 23 heavy (non-hydrogen) atoms. The van der Waals surface area contributed by atoms with E-state index in [4.69, 9.17) is 0 Å². The number of aromatic nitrogens is 3. The first-order valence-electron chi connectivity index (χ1n) is 7.00. The van der Waals surface area contributed by atoms with Crippen LogP contribution in [0, 0.1) is 6.92 Å². The standard InChI is InChI=1S/C16H15N5O2/c1-11-8-10-18-21(11)13-6-4-12(5-7-13)15(22)19-20-16(23)14-3-2-9-17-14/h2-10,17H,1H3,(H,19,22)(H,20,23). The van der Waals surface area contributed by atoms with Crippen LogP contribution in [0.15, 0.2) is 54.9 Å². The van der Waals surface area contributed by atoms with Crippen LogP contribution >= 0.6 is 0 Å². The number of H-pyrrole nitrogens is 1. The van der Waals surface area contributed by atoms with Gasteiger partial charge >= 0.3 is 0 Å². The summed E-state index contributed by atoms with van der Waals surface area (Å²) in [6.07, 6.45) is 3.35. The Morgan fingerprint density at radius 1 is 1.04 bits per heavy atom. The molecule has 0 bridgehead atoms. The minimum absolute atomic E-state index is 0.370. The van der Waals surface area contributed by atoms with Crippen LogP contribution in [-0.2, 0) is 0 Å². The van der Waals surface area contributed by atoms with Crippen molar-refractivity contribution in [3.8, 4) is 5.69 Å². The highest BCUT2D eigenvalue weighted by molar-refractivity contribution is 5.98. The largest absolute Gasteiger partial charge is 0.357 e. The van der Waals surface area contributed by atoms with Crippen molar-refractivity contribution >= 4 is 11.8 Å². The van der Waals surface area contributed by atoms with Crippen LogP contribution in [0.25, 0.3) is 5.69 Å². The van der Waals surface area contributed by atoms with Crippen molar-refractivity contribution in [3.05, 3.63) is 71.8 Å². The Hall–Kier alpha value is -3.35. The van der Waals surface area contributed by atoms with E-state index in [0.29, 0.717) is 11.3 Å². The number of carbonyl (C=O) groups is 2. The van der Waals surface area contributed by atoms with Crippen molar-refractivity contribution in [1.29, 1.82) is 0 Å². The Kier molecular flexibility index (Phi) is 3.92. The number of hydrogen-bond acceptors (Lipinski definition) is 3. The van der Waals surface area contributed by atoms with Gasteiger partial charge in [0.2, 0.25) is 0 Å². The normalized spacial score (nSPS) is 10.3. The van der Waals surface area contributed by atoms with E-state index < -0.39 is 11.8 Å². The number of hydrogen-bond donors (Lipinski definition) is 3. The summed E-state index contributed by atoms with van der Waals surface area (Å²) in [6, 6.07) is 12.1. The minimum atomic E-state index is -0.410. The smallest absolute Gasteiger partial charge is 0.286 e. The van der Waals surface area contributed by atoms with Gasteiger partial charge in [-0.2, -0.15) is 5.10 Å². The lowest BCUT2D eigenvalue weighted by molar-refractivity contribution is 0.0844. The zero-order valence-electron chi connectivity index (χ0n) is 12.4. The maximum absolute atomic E-state index is 12.0. The first-order chi connectivity index (χ1) is 11.1. The fourth-order valence-electron chi connectivity index (χ4n) is 2.12. The zero-order valence-corrected chi connectivity index (χ0v) is 12.4. The molecule has 0 aliphatic heterocycles. The van der Waals surface area contributed by atoms with Gasteiger partial charge in [-0.3, -0.25) is 20.4 Å². The summed E-state index contributed by atoms with van der Waals surface area (Å²) in [7, 11) is 0. The molecule has 0 saturated carbocycles. The van der Waals surface area contributed by atoms with Crippen molar-refractivity contribution in [2.45, 2.75) is 6.92 Å². The first kappa shape index (κ1) is 14.6. The average molecular weight is 309 g/mol. The summed E-state index contributed by atoms with van der Waals surface area (Å²) < 4.78 is 1.77. The third-order valence-corrected chi connectivity index (χ3v) is 3.34. The predicted molar refractivity (Wildman–Crippen MR) is 84.0 cm³/mol. The summed E-state index contributed by atoms with van der Waals surface area (Å²) in [4.78, 5) is 26.5. The summed E-state index contributed by atoms with van der Waals surface area (Å²) >= 11 is 0. The van der Waals surface area contributed by atoms with Crippen LogP contribution in [0.3, 0.4) is 0 Å². The molecule has 2 heterocycles. The number of amides is 2. The lowest BCUT2D eigenvalue weighted by Crippen LogP contribution is -2.41. The average Bonchev–Trinajstić information content (AvgIpc) is 3.24. The van der Waals surface area contributed by atoms with E-state index in [1.165, 1.54) is 0 Å². The maximum atomic E-state index is 12.0. The highest BCUT2D eigenvalue weighted by atomic mass is 16.2. The second-order valence-corrected chi connectivity index (χ2v) is 4.92. The predicted octanol–water partition coefficient (Wildman–Crippen LogP) is 1.58. The van der Waals surface area contributed by atoms with Crippen molar-refractivity contribution < 1.29 is 9.59 Å². The Balaban J connectivity index is 1.64. The molecule has 0 spiro atoms. The van der Waals surface area contributed by atoms with Gasteiger partial charge in [0.15, 0.2) is 0 Å². The van der Waals surface area contributed by atoms with Crippen molar-refractivity contribution in [2.24, 2.45) is 0 Å². The van der Waals surface area contributed by atoms with Gasteiger partial charge in [-0.05, 0) is 49.4 Å². The highest BCUT2D eigenvalue weighted by Crippen LogP contribution is 2.11. The third kappa shape index (κ3) is 3.13. The summed E-state index contributed by atoms with van der Waals surface area (Å²) in [6.45, 7) is 1.95. The Bertz CT molecular complexity index is 819. The molecule has 7 heteroatoms. The number of nitrogens with zero attached hydrogens (tertiary/aromatic N) is 2. The molecule has 0 radical (unpaired) electrons. The first-order valence-corrected chi connectivity index (χ1v) is 7.00. The molecule has 116 valence electrons. The van der Waals surface area contributed by atoms with Gasteiger partial charge < -0.3 is 4.98 Å². The van der Waals surface area contributed by atoms with E-state index in [9.17, 15) is 9.59 Å². The quantitative estimate of drug-likeness (QED) is 0.641. The molecule has 0 aliphatic carbocycles. The maximum Gasteiger partial charge on any atom is 0.286 e. The Morgan fingerprint density at radius 2 is 1.78 bits per heavy atom. The van der Waals surface area contributed by atoms with Crippen LogP contribution in [0.5, 0.6) is 0 Å². The van der Waals surface area contributed by atoms with Gasteiger partial charge in [0.1, 0.15) is 5.69 Å². The van der Waals surface area contributed by atoms with Gasteiger partial charge in [-0.1, -0.05) is 0 Å². The molecule has 2 amide bonds. The fraction of sp³-hybridized carbons (Fsp3) is 0.0625. The van der Waals surface area contributed by atoms with Crippen molar-refractivity contribution in [1.82, 2.24) is 25.6 Å². The monoisotopic (exact) mass is 309 g/mol. The molecule has 3 aromatic rings. The summed E-state index contributed by atoms with van der Waals surface area (Å²) in [5.74, 6) is -0.805. The van der Waals surface area contributed by atoms with Gasteiger partial charge in [-0.25, -0.2) is 4.68 Å². The van der Waals surface area contributed by atoms with E-state index in [1.54, 1.807) is 53.5 Å². The lowest BCUT2D eigenvalue weighted by atomic mass is 10.2. The Labute approximate surface area is 132 Å². The highest BCUT2D eigenvalue weighted by Gasteiger charge is 2.10. The minimum Gasteiger partial charge on any atom is -0.357 e. The number of benzene rings is 1. The van der Waals surface area contributed by atoms with Gasteiger partial charge in [0.25, 0.3) is 11.8 Å². The summed E-state index contributed by atoms with van der Waals surface area (Å²) in [5, 5.41) is 4.20. The van der Waals surface area contributed by atoms with E-state index in [0.717, 1.165) is 11.4 Å². The van der Waals surface area contributed by atoms with Crippen LogP contribution in [0.4, 0.5) is 0 Å². The lowest BCUT2D eigenvalue weighted by Gasteiger charge is -2.08. The van der Waals surface area contributed by atoms with Gasteiger partial charge in [0.05, 0.1) is 5.69 Å². The van der Waals surface area contributed by atoms with Crippen molar-refractivity contribution in [3.63, 3.8) is 0 Å². The number of hydrazine groups is 1. The van der Waals surface area contributed by atoms with Crippen LogP contribution < -0.4 is 10.9 Å². The van der Waals surface area contributed by atoms with Crippen molar-refractivity contribution in [2.75, 3.05) is 0 Å². The molecule has 0 fully saturated rings. The number of aromatic amines is 1.